The zero-order valence-electron chi connectivity index (χ0n) is 15.2. The van der Waals surface area contributed by atoms with Gasteiger partial charge in [0.05, 0.1) is 23.7 Å². The lowest BCUT2D eigenvalue weighted by Gasteiger charge is -2.28. The maximum atomic E-state index is 12.6. The van der Waals surface area contributed by atoms with Crippen LogP contribution >= 0.6 is 0 Å². The van der Waals surface area contributed by atoms with Gasteiger partial charge in [-0.2, -0.15) is 0 Å². The smallest absolute Gasteiger partial charge is 0.335 e. The van der Waals surface area contributed by atoms with Crippen molar-refractivity contribution in [1.29, 1.82) is 0 Å². The van der Waals surface area contributed by atoms with Crippen LogP contribution in [0.25, 0.3) is 0 Å². The average molecular weight is 385 g/mol. The Morgan fingerprint density at radius 1 is 1.14 bits per heavy atom. The second kappa shape index (κ2) is 8.05. The van der Waals surface area contributed by atoms with Gasteiger partial charge in [-0.25, -0.2) is 4.79 Å². The first kappa shape index (κ1) is 19.3. The second-order valence-electron chi connectivity index (χ2n) is 6.35. The molecule has 0 aliphatic carbocycles. The number of aromatic carboxylic acids is 1. The first-order chi connectivity index (χ1) is 13.4. The average Bonchev–Trinajstić information content (AvgIpc) is 2.69. The summed E-state index contributed by atoms with van der Waals surface area (Å²) in [5, 5.41) is 23.2. The van der Waals surface area contributed by atoms with Crippen LogP contribution in [-0.2, 0) is 4.74 Å². The van der Waals surface area contributed by atoms with Gasteiger partial charge < -0.3 is 20.1 Å². The minimum atomic E-state index is -1.06. The number of nitro benzene ring substituents is 1. The standard InChI is InChI=1S/C19H19N3O6/c1-12-10-14(19(24)25)2-4-15(12)20-18(23)13-3-5-16(17(11-13)22(26)27)21-6-8-28-9-7-21/h2-5,10-11H,6-9H2,1H3,(H,20,23)(H,24,25). The number of rotatable bonds is 5. The number of nitro groups is 1. The topological polar surface area (TPSA) is 122 Å². The molecule has 0 bridgehead atoms. The molecule has 0 aromatic heterocycles. The van der Waals surface area contributed by atoms with E-state index in [2.05, 4.69) is 5.32 Å². The summed E-state index contributed by atoms with van der Waals surface area (Å²) in [6.07, 6.45) is 0. The number of nitrogens with one attached hydrogen (secondary N) is 1. The Morgan fingerprint density at radius 3 is 2.43 bits per heavy atom. The minimum absolute atomic E-state index is 0.112. The van der Waals surface area contributed by atoms with Gasteiger partial charge in [-0.1, -0.05) is 0 Å². The molecule has 1 amide bonds. The molecule has 0 spiro atoms. The Morgan fingerprint density at radius 2 is 1.82 bits per heavy atom. The monoisotopic (exact) mass is 385 g/mol. The highest BCUT2D eigenvalue weighted by molar-refractivity contribution is 6.05. The molecule has 146 valence electrons. The number of hydrogen-bond acceptors (Lipinski definition) is 6. The predicted octanol–water partition coefficient (Wildman–Crippen LogP) is 2.69. The van der Waals surface area contributed by atoms with Crippen molar-refractivity contribution < 1.29 is 24.4 Å². The SMILES string of the molecule is Cc1cc(C(=O)O)ccc1NC(=O)c1ccc(N2CCOCC2)c([N+](=O)[O-])c1. The molecule has 0 unspecified atom stereocenters. The molecule has 1 fully saturated rings. The van der Waals surface area contributed by atoms with E-state index in [1.165, 1.54) is 30.3 Å². The zero-order chi connectivity index (χ0) is 20.3. The van der Waals surface area contributed by atoms with E-state index in [9.17, 15) is 19.7 Å². The number of nitrogens with zero attached hydrogens (tertiary/aromatic N) is 2. The van der Waals surface area contributed by atoms with Gasteiger partial charge in [-0.15, -0.1) is 0 Å². The molecule has 1 heterocycles. The van der Waals surface area contributed by atoms with Gasteiger partial charge in [-0.3, -0.25) is 14.9 Å². The van der Waals surface area contributed by atoms with Gasteiger partial charge in [0.15, 0.2) is 0 Å². The van der Waals surface area contributed by atoms with E-state index in [1.807, 2.05) is 4.90 Å². The maximum Gasteiger partial charge on any atom is 0.335 e. The molecule has 2 aromatic rings. The molecule has 0 radical (unpaired) electrons. The number of carboxylic acids is 1. The van der Waals surface area contributed by atoms with Crippen LogP contribution in [0.5, 0.6) is 0 Å². The fourth-order valence-electron chi connectivity index (χ4n) is 3.01. The Bertz CT molecular complexity index is 937. The van der Waals surface area contributed by atoms with Crippen molar-refractivity contribution in [1.82, 2.24) is 0 Å². The largest absolute Gasteiger partial charge is 0.478 e. The molecule has 28 heavy (non-hydrogen) atoms. The number of morpholine rings is 1. The molecule has 9 nitrogen and oxygen atoms in total. The van der Waals surface area contributed by atoms with E-state index < -0.39 is 16.8 Å². The Labute approximate surface area is 160 Å². The lowest BCUT2D eigenvalue weighted by molar-refractivity contribution is -0.384. The van der Waals surface area contributed by atoms with Crippen LogP contribution in [0.4, 0.5) is 17.1 Å². The molecular formula is C19H19N3O6. The van der Waals surface area contributed by atoms with Crippen LogP contribution in [0.3, 0.4) is 0 Å². The fourth-order valence-corrected chi connectivity index (χ4v) is 3.01. The molecular weight excluding hydrogens is 366 g/mol. The first-order valence-corrected chi connectivity index (χ1v) is 8.63. The van der Waals surface area contributed by atoms with Crippen LogP contribution in [0, 0.1) is 17.0 Å². The fraction of sp³-hybridized carbons (Fsp3) is 0.263. The summed E-state index contributed by atoms with van der Waals surface area (Å²) < 4.78 is 5.27. The van der Waals surface area contributed by atoms with Crippen molar-refractivity contribution >= 4 is 28.9 Å². The molecule has 0 atom stereocenters. The number of hydrogen-bond donors (Lipinski definition) is 2. The third-order valence-electron chi connectivity index (χ3n) is 4.51. The van der Waals surface area contributed by atoms with Crippen LogP contribution in [0.2, 0.25) is 0 Å². The summed E-state index contributed by atoms with van der Waals surface area (Å²) in [4.78, 5) is 36.4. The number of benzene rings is 2. The van der Waals surface area contributed by atoms with Gasteiger partial charge in [0.25, 0.3) is 11.6 Å². The lowest BCUT2D eigenvalue weighted by atomic mass is 10.1. The van der Waals surface area contributed by atoms with Crippen LogP contribution < -0.4 is 10.2 Å². The quantitative estimate of drug-likeness (QED) is 0.599. The second-order valence-corrected chi connectivity index (χ2v) is 6.35. The molecule has 2 aromatic carbocycles. The molecule has 1 aliphatic rings. The van der Waals surface area contributed by atoms with Crippen molar-refractivity contribution in [3.63, 3.8) is 0 Å². The minimum Gasteiger partial charge on any atom is -0.478 e. The number of aryl methyl sites for hydroxylation is 1. The first-order valence-electron chi connectivity index (χ1n) is 8.63. The van der Waals surface area contributed by atoms with E-state index in [4.69, 9.17) is 9.84 Å². The van der Waals surface area contributed by atoms with E-state index in [0.717, 1.165) is 0 Å². The maximum absolute atomic E-state index is 12.6. The summed E-state index contributed by atoms with van der Waals surface area (Å²) in [6, 6.07) is 8.68. The number of carbonyl (C=O) groups is 2. The van der Waals surface area contributed by atoms with Crippen molar-refractivity contribution in [2.24, 2.45) is 0 Å². The molecule has 3 rings (SSSR count). The van der Waals surface area contributed by atoms with E-state index in [0.29, 0.717) is 43.2 Å². The van der Waals surface area contributed by atoms with Gasteiger partial charge in [0, 0.05) is 30.4 Å². The molecule has 1 aliphatic heterocycles. The highest BCUT2D eigenvalue weighted by atomic mass is 16.6. The van der Waals surface area contributed by atoms with Gasteiger partial charge in [0.1, 0.15) is 5.69 Å². The molecule has 0 saturated carbocycles. The van der Waals surface area contributed by atoms with E-state index >= 15 is 0 Å². The third kappa shape index (κ3) is 4.09. The zero-order valence-corrected chi connectivity index (χ0v) is 15.2. The van der Waals surface area contributed by atoms with Crippen LogP contribution in [-0.4, -0.2) is 48.2 Å². The molecule has 9 heteroatoms. The highest BCUT2D eigenvalue weighted by Gasteiger charge is 2.23. The van der Waals surface area contributed by atoms with Crippen molar-refractivity contribution in [3.8, 4) is 0 Å². The lowest BCUT2D eigenvalue weighted by Crippen LogP contribution is -2.36. The third-order valence-corrected chi connectivity index (χ3v) is 4.51. The normalized spacial score (nSPS) is 13.8. The number of carboxylic acid groups (broad SMARTS) is 1. The Kier molecular flexibility index (Phi) is 5.55. The van der Waals surface area contributed by atoms with Gasteiger partial charge in [-0.05, 0) is 42.8 Å². The summed E-state index contributed by atoms with van der Waals surface area (Å²) in [6.45, 7) is 3.74. The molecule has 2 N–H and O–H groups in total. The summed E-state index contributed by atoms with van der Waals surface area (Å²) in [7, 11) is 0. The summed E-state index contributed by atoms with van der Waals surface area (Å²) in [5.41, 5.74) is 1.58. The number of amides is 1. The predicted molar refractivity (Wildman–Crippen MR) is 102 cm³/mol. The van der Waals surface area contributed by atoms with Crippen molar-refractivity contribution in [3.05, 3.63) is 63.2 Å². The summed E-state index contributed by atoms with van der Waals surface area (Å²) >= 11 is 0. The number of anilines is 2. The van der Waals surface area contributed by atoms with Crippen LogP contribution in [0.15, 0.2) is 36.4 Å². The Balaban J connectivity index is 1.85. The van der Waals surface area contributed by atoms with E-state index in [-0.39, 0.29) is 16.8 Å². The number of ether oxygens (including phenoxy) is 1. The van der Waals surface area contributed by atoms with Crippen LogP contribution in [0.1, 0.15) is 26.3 Å². The van der Waals surface area contributed by atoms with Gasteiger partial charge >= 0.3 is 5.97 Å². The van der Waals surface area contributed by atoms with E-state index in [1.54, 1.807) is 13.0 Å². The Hall–Kier alpha value is -3.46. The van der Waals surface area contributed by atoms with Crippen molar-refractivity contribution in [2.75, 3.05) is 36.5 Å². The summed E-state index contributed by atoms with van der Waals surface area (Å²) in [5.74, 6) is -1.57. The highest BCUT2D eigenvalue weighted by Crippen LogP contribution is 2.30. The molecule has 1 saturated heterocycles. The van der Waals surface area contributed by atoms with Crippen molar-refractivity contribution in [2.45, 2.75) is 6.92 Å². The van der Waals surface area contributed by atoms with Gasteiger partial charge in [0.2, 0.25) is 0 Å². The number of carbonyl (C=O) groups excluding carboxylic acids is 1.